The van der Waals surface area contributed by atoms with E-state index in [2.05, 4.69) is 38.3 Å². The molecule has 78 heavy (non-hydrogen) atoms. The molecule has 1 saturated carbocycles. The highest BCUT2D eigenvalue weighted by Gasteiger charge is 2.56. The first-order valence-corrected chi connectivity index (χ1v) is 29.5. The number of nitrogens with one attached hydrogen (secondary N) is 2. The van der Waals surface area contributed by atoms with Crippen LogP contribution in [-0.2, 0) is 54.3 Å². The Morgan fingerprint density at radius 2 is 1.58 bits per heavy atom. The fourth-order valence-electron chi connectivity index (χ4n) is 11.3. The summed E-state index contributed by atoms with van der Waals surface area (Å²) >= 11 is 1.56. The number of carboxylic acids is 1. The number of carboxylic acid groups (broad SMARTS) is 1. The molecular formula is C59H95FN6O11S. The van der Waals surface area contributed by atoms with Gasteiger partial charge >= 0.3 is 5.97 Å². The number of hydrogen-bond acceptors (Lipinski definition) is 11. The maximum Gasteiger partial charge on any atom is 0.326 e. The van der Waals surface area contributed by atoms with Gasteiger partial charge in [-0.1, -0.05) is 100 Å². The number of ether oxygens (including phenoxy) is 2. The molecule has 1 spiro atoms. The van der Waals surface area contributed by atoms with Crippen LogP contribution in [0.1, 0.15) is 152 Å². The number of thioether (sulfide) groups is 1. The normalized spacial score (nSPS) is 20.3. The van der Waals surface area contributed by atoms with E-state index in [1.165, 1.54) is 35.1 Å². The van der Waals surface area contributed by atoms with Crippen LogP contribution in [0.15, 0.2) is 24.3 Å². The van der Waals surface area contributed by atoms with Gasteiger partial charge in [0.05, 0.1) is 35.8 Å². The fourth-order valence-corrected chi connectivity index (χ4v) is 12.4. The van der Waals surface area contributed by atoms with Crippen LogP contribution in [-0.4, -0.2) is 167 Å². The van der Waals surface area contributed by atoms with Gasteiger partial charge < -0.3 is 39.9 Å². The van der Waals surface area contributed by atoms with Gasteiger partial charge in [0, 0.05) is 73.1 Å². The van der Waals surface area contributed by atoms with Crippen molar-refractivity contribution in [3.63, 3.8) is 0 Å². The van der Waals surface area contributed by atoms with Crippen molar-refractivity contribution in [3.05, 3.63) is 35.6 Å². The van der Waals surface area contributed by atoms with Crippen molar-refractivity contribution in [1.29, 1.82) is 0 Å². The number of benzene rings is 1. The van der Waals surface area contributed by atoms with E-state index in [9.17, 15) is 47.9 Å². The summed E-state index contributed by atoms with van der Waals surface area (Å²) in [7, 11) is 6.30. The second-order valence-electron chi connectivity index (χ2n) is 24.6. The molecule has 4 rings (SSSR count). The minimum atomic E-state index is -1.40. The summed E-state index contributed by atoms with van der Waals surface area (Å²) in [6, 6.07) is 2.13. The number of carbonyl (C=O) groups is 8. The molecule has 2 unspecified atom stereocenters. The number of likely N-dealkylation sites (tertiary alicyclic amines) is 2. The Kier molecular flexibility index (Phi) is 25.1. The minimum Gasteiger partial charge on any atom is -0.480 e. The molecular weight excluding hydrogens is 1020 g/mol. The molecule has 2 saturated heterocycles. The number of hydrogen-bond donors (Lipinski definition) is 3. The number of rotatable bonds is 32. The van der Waals surface area contributed by atoms with E-state index in [0.717, 1.165) is 37.9 Å². The highest BCUT2D eigenvalue weighted by atomic mass is 32.2. The van der Waals surface area contributed by atoms with E-state index >= 15 is 0 Å². The van der Waals surface area contributed by atoms with Crippen LogP contribution in [0.5, 0.6) is 0 Å². The van der Waals surface area contributed by atoms with Gasteiger partial charge in [-0.25, -0.2) is 9.18 Å². The number of amides is 7. The molecule has 0 radical (unpaired) electrons. The predicted molar refractivity (Wildman–Crippen MR) is 300 cm³/mol. The SMILES string of the molecule is CC[C@H](C)C(CN(C)C(=O)[C@@H](NC(=O)[C@H](C(C)C)N(C)C(=O)CCCCCN1C(=O)CC(SCCCC(C)(C)C)C1=O)C(C)C)[C@@H](CC(=O)N1CC2(CC2)C[C@H]1[C@H](OC)[C@@H](C)C(=O)N[C@@H](Cc1ccccc1F)C(=O)O)OC. The van der Waals surface area contributed by atoms with Crippen molar-refractivity contribution < 1.29 is 57.3 Å². The molecule has 0 bridgehead atoms. The molecule has 7 amide bonds. The lowest BCUT2D eigenvalue weighted by Crippen LogP contribution is -2.58. The average Bonchev–Trinajstić information content (AvgIpc) is 3.96. The zero-order chi connectivity index (χ0) is 58.4. The molecule has 19 heteroatoms. The van der Waals surface area contributed by atoms with Gasteiger partial charge in [0.2, 0.25) is 41.4 Å². The first-order valence-electron chi connectivity index (χ1n) is 28.5. The van der Waals surface area contributed by atoms with Crippen molar-refractivity contribution in [2.24, 2.45) is 40.4 Å². The quantitative estimate of drug-likeness (QED) is 0.0477. The Morgan fingerprint density at radius 3 is 2.14 bits per heavy atom. The highest BCUT2D eigenvalue weighted by molar-refractivity contribution is 8.00. The van der Waals surface area contributed by atoms with Crippen molar-refractivity contribution in [2.45, 2.75) is 194 Å². The van der Waals surface area contributed by atoms with Gasteiger partial charge in [0.15, 0.2) is 0 Å². The van der Waals surface area contributed by atoms with Gasteiger partial charge in [-0.3, -0.25) is 38.5 Å². The summed E-state index contributed by atoms with van der Waals surface area (Å²) in [6.07, 6.45) is 5.62. The van der Waals surface area contributed by atoms with Gasteiger partial charge in [-0.05, 0) is 90.9 Å². The van der Waals surface area contributed by atoms with E-state index in [4.69, 9.17) is 9.47 Å². The van der Waals surface area contributed by atoms with Crippen LogP contribution in [0.2, 0.25) is 0 Å². The molecule has 1 aromatic rings. The van der Waals surface area contributed by atoms with Crippen LogP contribution in [0.25, 0.3) is 0 Å². The second-order valence-corrected chi connectivity index (χ2v) is 25.9. The number of imide groups is 1. The first kappa shape index (κ1) is 65.9. The van der Waals surface area contributed by atoms with Gasteiger partial charge in [-0.2, -0.15) is 0 Å². The van der Waals surface area contributed by atoms with Gasteiger partial charge in [0.1, 0.15) is 23.9 Å². The Labute approximate surface area is 468 Å². The standard InChI is InChI=1S/C59H95FN6O11S/c1-15-38(6)41(45(76-13)31-48(68)66-35-59(26-27-59)33-44(66)52(77-14)39(7)53(70)61-43(57(74)75)30-40-22-18-19-23-42(40)60)34-63(11)56(73)50(36(2)3)62-54(71)51(37(4)5)64(12)47(67)24-17-16-20-28-65-49(69)32-46(55(65)72)78-29-21-25-58(8,9)10/h18-19,22-23,36-39,41,43-46,50-52H,15-17,20-21,24-35H2,1-14H3,(H,61,70)(H,62,71)(H,74,75)/t38-,39+,41?,43-,44-,45+,46?,50-,51-,52+/m0/s1. The van der Waals surface area contributed by atoms with Gasteiger partial charge in [0.25, 0.3) is 0 Å². The van der Waals surface area contributed by atoms with Crippen molar-refractivity contribution >= 4 is 59.1 Å². The number of nitrogens with zero attached hydrogens (tertiary/aromatic N) is 4. The third-order valence-corrected chi connectivity index (χ3v) is 17.9. The lowest BCUT2D eigenvalue weighted by molar-refractivity contribution is -0.146. The smallest absolute Gasteiger partial charge is 0.326 e. The van der Waals surface area contributed by atoms with E-state index in [1.54, 1.807) is 55.8 Å². The highest BCUT2D eigenvalue weighted by Crippen LogP contribution is 2.56. The number of carbonyl (C=O) groups excluding carboxylic acids is 7. The number of aliphatic carboxylic acids is 1. The zero-order valence-electron chi connectivity index (χ0n) is 49.4. The van der Waals surface area contributed by atoms with Crippen LogP contribution in [0, 0.1) is 46.2 Å². The van der Waals surface area contributed by atoms with Crippen LogP contribution in [0.3, 0.4) is 0 Å². The molecule has 1 aromatic carbocycles. The molecule has 0 aromatic heterocycles. The Hall–Kier alpha value is -4.62. The number of methoxy groups -OCH3 is 2. The Bertz CT molecular complexity index is 2220. The summed E-state index contributed by atoms with van der Waals surface area (Å²) in [5.41, 5.74) is 0.261. The molecule has 1 aliphatic carbocycles. The van der Waals surface area contributed by atoms with Crippen LogP contribution in [0.4, 0.5) is 4.39 Å². The Balaban J connectivity index is 1.37. The fraction of sp³-hybridized carbons (Fsp3) is 0.763. The molecule has 3 fully saturated rings. The minimum absolute atomic E-state index is 0.00358. The second kappa shape index (κ2) is 29.7. The zero-order valence-corrected chi connectivity index (χ0v) is 50.2. The maximum atomic E-state index is 14.6. The number of likely N-dealkylation sites (N-methyl/N-ethyl adjacent to an activating group) is 2. The summed E-state index contributed by atoms with van der Waals surface area (Å²) in [4.78, 5) is 115. The molecule has 440 valence electrons. The monoisotopic (exact) mass is 1110 g/mol. The van der Waals surface area contributed by atoms with Crippen LogP contribution >= 0.6 is 11.8 Å². The first-order chi connectivity index (χ1) is 36.6. The van der Waals surface area contributed by atoms with Gasteiger partial charge in [-0.15, -0.1) is 11.8 Å². The number of halogens is 1. The molecule has 10 atom stereocenters. The average molecular weight is 1120 g/mol. The van der Waals surface area contributed by atoms with E-state index < -0.39 is 65.9 Å². The molecule has 3 aliphatic rings. The summed E-state index contributed by atoms with van der Waals surface area (Å²) in [5, 5.41) is 15.3. The summed E-state index contributed by atoms with van der Waals surface area (Å²) in [6.45, 7) is 20.7. The molecule has 2 heterocycles. The summed E-state index contributed by atoms with van der Waals surface area (Å²) < 4.78 is 26.6. The van der Waals surface area contributed by atoms with Crippen LogP contribution < -0.4 is 10.6 Å². The van der Waals surface area contributed by atoms with Crippen molar-refractivity contribution in [2.75, 3.05) is 53.7 Å². The predicted octanol–water partition coefficient (Wildman–Crippen LogP) is 7.37. The third-order valence-electron chi connectivity index (χ3n) is 16.6. The van der Waals surface area contributed by atoms with Crippen molar-refractivity contribution in [1.82, 2.24) is 30.2 Å². The number of unbranched alkanes of at least 4 members (excludes halogenated alkanes) is 2. The molecule has 17 nitrogen and oxygen atoms in total. The summed E-state index contributed by atoms with van der Waals surface area (Å²) in [5.74, 6) is -4.90. The lowest BCUT2D eigenvalue weighted by atomic mass is 9.84. The maximum absolute atomic E-state index is 14.6. The lowest BCUT2D eigenvalue weighted by Gasteiger charge is -2.38. The van der Waals surface area contributed by atoms with E-state index in [1.807, 2.05) is 34.6 Å². The van der Waals surface area contributed by atoms with Crippen molar-refractivity contribution in [3.8, 4) is 0 Å². The Morgan fingerprint density at radius 1 is 0.910 bits per heavy atom. The van der Waals surface area contributed by atoms with E-state index in [-0.39, 0.29) is 107 Å². The third kappa shape index (κ3) is 18.2. The topological polar surface area (TPSA) is 212 Å². The van der Waals surface area contributed by atoms with E-state index in [0.29, 0.717) is 38.8 Å². The largest absolute Gasteiger partial charge is 0.480 e. The molecule has 2 aliphatic heterocycles. The molecule has 3 N–H and O–H groups in total.